The highest BCUT2D eigenvalue weighted by Gasteiger charge is 2.45. The zero-order valence-electron chi connectivity index (χ0n) is 14.3. The number of phenols is 1. The van der Waals surface area contributed by atoms with Crippen molar-refractivity contribution in [1.82, 2.24) is 0 Å². The first-order valence-electron chi connectivity index (χ1n) is 8.95. The normalized spacial score (nSPS) is 29.2. The van der Waals surface area contributed by atoms with Crippen molar-refractivity contribution in [3.63, 3.8) is 0 Å². The van der Waals surface area contributed by atoms with E-state index in [9.17, 15) is 5.11 Å². The first kappa shape index (κ1) is 14.8. The molecule has 0 bridgehead atoms. The van der Waals surface area contributed by atoms with Gasteiger partial charge >= 0.3 is 0 Å². The number of aromatic hydroxyl groups is 1. The predicted octanol–water partition coefficient (Wildman–Crippen LogP) is 5.67. The number of fused-ring (bicyclic) bond motifs is 3. The number of phenolic OH excluding ortho intramolecular Hbond substituents is 1. The van der Waals surface area contributed by atoms with Crippen molar-refractivity contribution in [1.29, 1.82) is 0 Å². The molecule has 1 fully saturated rings. The SMILES string of the molecule is Cc1cc2c(c(C)c1O)[C@@H](c1ccccc1)[C@@H]1CC[C@@H](C)C[C@@H]21. The van der Waals surface area contributed by atoms with E-state index in [0.29, 0.717) is 23.5 Å². The molecule has 2 aromatic carbocycles. The fourth-order valence-corrected chi connectivity index (χ4v) is 5.19. The Balaban J connectivity index is 1.93. The molecular weight excluding hydrogens is 280 g/mol. The Morgan fingerprint density at radius 3 is 2.52 bits per heavy atom. The van der Waals surface area contributed by atoms with E-state index < -0.39 is 0 Å². The molecule has 0 unspecified atom stereocenters. The van der Waals surface area contributed by atoms with Crippen LogP contribution in [0, 0.1) is 25.7 Å². The highest BCUT2D eigenvalue weighted by atomic mass is 16.3. The Labute approximate surface area is 139 Å². The molecular formula is C22H26O. The molecule has 4 atom stereocenters. The smallest absolute Gasteiger partial charge is 0.121 e. The molecule has 1 saturated carbocycles. The lowest BCUT2D eigenvalue weighted by atomic mass is 9.71. The molecule has 2 aliphatic carbocycles. The number of benzene rings is 2. The van der Waals surface area contributed by atoms with E-state index in [1.165, 1.54) is 36.0 Å². The standard InChI is InChI=1S/C22H26O/c1-13-9-10-17-18(11-13)19-12-14(2)22(23)15(3)20(19)21(17)16-7-5-4-6-8-16/h4-8,12-13,17-18,21,23H,9-11H2,1-3H3/t13-,17-,18-,21+/m1/s1. The van der Waals surface area contributed by atoms with Crippen LogP contribution < -0.4 is 0 Å². The summed E-state index contributed by atoms with van der Waals surface area (Å²) in [4.78, 5) is 0. The summed E-state index contributed by atoms with van der Waals surface area (Å²) in [6, 6.07) is 13.2. The maximum Gasteiger partial charge on any atom is 0.121 e. The quantitative estimate of drug-likeness (QED) is 0.719. The summed E-state index contributed by atoms with van der Waals surface area (Å²) in [5.41, 5.74) is 6.50. The van der Waals surface area contributed by atoms with Gasteiger partial charge in [-0.3, -0.25) is 0 Å². The second kappa shape index (κ2) is 5.40. The maximum atomic E-state index is 10.5. The van der Waals surface area contributed by atoms with E-state index in [0.717, 1.165) is 17.0 Å². The molecule has 120 valence electrons. The third-order valence-corrected chi connectivity index (χ3v) is 6.28. The van der Waals surface area contributed by atoms with Crippen molar-refractivity contribution < 1.29 is 5.11 Å². The van der Waals surface area contributed by atoms with Crippen LogP contribution in [0.3, 0.4) is 0 Å². The van der Waals surface area contributed by atoms with Crippen LogP contribution in [0.25, 0.3) is 0 Å². The van der Waals surface area contributed by atoms with Crippen molar-refractivity contribution in [2.45, 2.75) is 51.9 Å². The Kier molecular flexibility index (Phi) is 3.48. The molecule has 0 amide bonds. The van der Waals surface area contributed by atoms with Crippen LogP contribution in [0.15, 0.2) is 36.4 Å². The minimum Gasteiger partial charge on any atom is -0.507 e. The average molecular weight is 306 g/mol. The van der Waals surface area contributed by atoms with Crippen LogP contribution in [0.1, 0.15) is 65.8 Å². The number of hydrogen-bond acceptors (Lipinski definition) is 1. The number of aryl methyl sites for hydroxylation is 1. The maximum absolute atomic E-state index is 10.5. The zero-order valence-corrected chi connectivity index (χ0v) is 14.3. The number of rotatable bonds is 1. The second-order valence-electron chi connectivity index (χ2n) is 7.75. The van der Waals surface area contributed by atoms with E-state index in [-0.39, 0.29) is 0 Å². The second-order valence-corrected chi connectivity index (χ2v) is 7.75. The molecule has 0 saturated heterocycles. The van der Waals surface area contributed by atoms with Gasteiger partial charge in [0.25, 0.3) is 0 Å². The van der Waals surface area contributed by atoms with Gasteiger partial charge in [0.05, 0.1) is 0 Å². The fourth-order valence-electron chi connectivity index (χ4n) is 5.19. The molecule has 0 radical (unpaired) electrons. The monoisotopic (exact) mass is 306 g/mol. The van der Waals surface area contributed by atoms with E-state index in [2.05, 4.69) is 50.2 Å². The van der Waals surface area contributed by atoms with Crippen LogP contribution >= 0.6 is 0 Å². The Morgan fingerprint density at radius 1 is 1.04 bits per heavy atom. The van der Waals surface area contributed by atoms with Crippen LogP contribution in [-0.4, -0.2) is 5.11 Å². The lowest BCUT2D eigenvalue weighted by molar-refractivity contribution is 0.250. The van der Waals surface area contributed by atoms with E-state index in [1.54, 1.807) is 0 Å². The minimum absolute atomic E-state index is 0.454. The first-order chi connectivity index (χ1) is 11.1. The molecule has 2 aromatic rings. The van der Waals surface area contributed by atoms with E-state index >= 15 is 0 Å². The van der Waals surface area contributed by atoms with Gasteiger partial charge in [0, 0.05) is 5.92 Å². The lowest BCUT2D eigenvalue weighted by Gasteiger charge is -2.33. The van der Waals surface area contributed by atoms with Gasteiger partial charge in [-0.2, -0.15) is 0 Å². The average Bonchev–Trinajstić information content (AvgIpc) is 2.87. The molecule has 2 aliphatic rings. The molecule has 1 nitrogen and oxygen atoms in total. The summed E-state index contributed by atoms with van der Waals surface area (Å²) in [5.74, 6) is 3.13. The van der Waals surface area contributed by atoms with Crippen molar-refractivity contribution in [3.05, 3.63) is 64.2 Å². The molecule has 23 heavy (non-hydrogen) atoms. The van der Waals surface area contributed by atoms with Gasteiger partial charge in [0.2, 0.25) is 0 Å². The summed E-state index contributed by atoms with van der Waals surface area (Å²) >= 11 is 0. The number of hydrogen-bond donors (Lipinski definition) is 1. The zero-order chi connectivity index (χ0) is 16.1. The van der Waals surface area contributed by atoms with Crippen LogP contribution in [0.2, 0.25) is 0 Å². The van der Waals surface area contributed by atoms with Crippen molar-refractivity contribution in [2.24, 2.45) is 11.8 Å². The third kappa shape index (κ3) is 2.21. The molecule has 0 aliphatic heterocycles. The topological polar surface area (TPSA) is 20.2 Å². The van der Waals surface area contributed by atoms with E-state index in [4.69, 9.17) is 0 Å². The highest BCUT2D eigenvalue weighted by Crippen LogP contribution is 2.58. The van der Waals surface area contributed by atoms with Crippen LogP contribution in [-0.2, 0) is 0 Å². The molecule has 0 heterocycles. The van der Waals surface area contributed by atoms with Gasteiger partial charge in [-0.1, -0.05) is 49.7 Å². The lowest BCUT2D eigenvalue weighted by Crippen LogP contribution is -2.21. The van der Waals surface area contributed by atoms with Crippen LogP contribution in [0.4, 0.5) is 0 Å². The van der Waals surface area contributed by atoms with Crippen molar-refractivity contribution in [3.8, 4) is 5.75 Å². The Morgan fingerprint density at radius 2 is 1.78 bits per heavy atom. The Bertz CT molecular complexity index is 731. The van der Waals surface area contributed by atoms with Gasteiger partial charge < -0.3 is 5.11 Å². The van der Waals surface area contributed by atoms with Gasteiger partial charge in [-0.25, -0.2) is 0 Å². The first-order valence-corrected chi connectivity index (χ1v) is 8.95. The molecule has 1 heteroatoms. The summed E-state index contributed by atoms with van der Waals surface area (Å²) in [6.07, 6.45) is 3.94. The van der Waals surface area contributed by atoms with Crippen molar-refractivity contribution in [2.75, 3.05) is 0 Å². The van der Waals surface area contributed by atoms with E-state index in [1.807, 2.05) is 6.92 Å². The largest absolute Gasteiger partial charge is 0.507 e. The Hall–Kier alpha value is -1.76. The molecule has 0 aromatic heterocycles. The highest BCUT2D eigenvalue weighted by molar-refractivity contribution is 5.57. The molecule has 0 spiro atoms. The third-order valence-electron chi connectivity index (χ3n) is 6.28. The predicted molar refractivity (Wildman–Crippen MR) is 95.1 cm³/mol. The van der Waals surface area contributed by atoms with Gasteiger partial charge in [0.1, 0.15) is 5.75 Å². The fraction of sp³-hybridized carbons (Fsp3) is 0.455. The minimum atomic E-state index is 0.454. The molecule has 1 N–H and O–H groups in total. The van der Waals surface area contributed by atoms with Crippen LogP contribution in [0.5, 0.6) is 5.75 Å². The van der Waals surface area contributed by atoms with Gasteiger partial charge in [-0.05, 0) is 72.3 Å². The summed E-state index contributed by atoms with van der Waals surface area (Å²) in [6.45, 7) is 6.55. The summed E-state index contributed by atoms with van der Waals surface area (Å²) < 4.78 is 0. The summed E-state index contributed by atoms with van der Waals surface area (Å²) in [7, 11) is 0. The summed E-state index contributed by atoms with van der Waals surface area (Å²) in [5, 5.41) is 10.5. The van der Waals surface area contributed by atoms with Crippen molar-refractivity contribution >= 4 is 0 Å². The molecule has 4 rings (SSSR count). The van der Waals surface area contributed by atoms with Gasteiger partial charge in [-0.15, -0.1) is 0 Å². The van der Waals surface area contributed by atoms with Gasteiger partial charge in [0.15, 0.2) is 0 Å².